The van der Waals surface area contributed by atoms with Crippen LogP contribution in [-0.4, -0.2) is 21.3 Å². The van der Waals surface area contributed by atoms with Gasteiger partial charge in [-0.15, -0.1) is 0 Å². The number of carbonyl (C=O) groups is 1. The Morgan fingerprint density at radius 1 is 1.61 bits per heavy atom. The van der Waals surface area contributed by atoms with Crippen molar-refractivity contribution in [1.29, 1.82) is 0 Å². The number of nitrogens with one attached hydrogen (secondary N) is 2. The number of aromatic nitrogens is 3. The second kappa shape index (κ2) is 3.86. The summed E-state index contributed by atoms with van der Waals surface area (Å²) in [4.78, 5) is 11.9. The third-order valence-corrected chi connectivity index (χ3v) is 2.90. The first kappa shape index (κ1) is 10.8. The van der Waals surface area contributed by atoms with Crippen LogP contribution < -0.4 is 11.1 Å². The number of H-pyrrole nitrogens is 1. The molecular formula is C11H13N5O2. The van der Waals surface area contributed by atoms with Gasteiger partial charge in [-0.3, -0.25) is 9.89 Å². The summed E-state index contributed by atoms with van der Waals surface area (Å²) in [5.74, 6) is 1.02. The van der Waals surface area contributed by atoms with Crippen LogP contribution in [0.1, 0.15) is 40.7 Å². The van der Waals surface area contributed by atoms with Crippen LogP contribution in [0.4, 0.5) is 11.5 Å². The molecule has 7 heteroatoms. The average molecular weight is 247 g/mol. The van der Waals surface area contributed by atoms with Crippen molar-refractivity contribution in [2.75, 3.05) is 11.1 Å². The predicted molar refractivity (Wildman–Crippen MR) is 64.2 cm³/mol. The molecule has 0 unspecified atom stereocenters. The molecule has 3 rings (SSSR count). The van der Waals surface area contributed by atoms with Crippen molar-refractivity contribution in [3.05, 3.63) is 23.2 Å². The lowest BCUT2D eigenvalue weighted by Gasteiger charge is -1.99. The lowest BCUT2D eigenvalue weighted by atomic mass is 10.2. The summed E-state index contributed by atoms with van der Waals surface area (Å²) < 4.78 is 4.86. The van der Waals surface area contributed by atoms with E-state index in [1.165, 1.54) is 0 Å². The topological polar surface area (TPSA) is 110 Å². The summed E-state index contributed by atoms with van der Waals surface area (Å²) in [5.41, 5.74) is 7.40. The van der Waals surface area contributed by atoms with E-state index in [4.69, 9.17) is 10.3 Å². The quantitative estimate of drug-likeness (QED) is 0.759. The van der Waals surface area contributed by atoms with Crippen LogP contribution in [0.25, 0.3) is 0 Å². The molecule has 1 saturated carbocycles. The van der Waals surface area contributed by atoms with E-state index in [1.54, 1.807) is 13.0 Å². The molecule has 0 aliphatic heterocycles. The standard InChI is InChI=1S/C11H13N5O2/c1-5-4-7(16-18-5)13-11(17)10-8(12)9(14-15-10)6-2-3-6/h4,6H,2-3,12H2,1H3,(H,14,15)(H,13,16,17). The van der Waals surface area contributed by atoms with Gasteiger partial charge >= 0.3 is 0 Å². The molecule has 94 valence electrons. The van der Waals surface area contributed by atoms with Crippen LogP contribution in [-0.2, 0) is 0 Å². The van der Waals surface area contributed by atoms with Crippen LogP contribution in [0.5, 0.6) is 0 Å². The smallest absolute Gasteiger partial charge is 0.279 e. The van der Waals surface area contributed by atoms with E-state index in [2.05, 4.69) is 20.7 Å². The largest absolute Gasteiger partial charge is 0.395 e. The molecule has 1 fully saturated rings. The van der Waals surface area contributed by atoms with E-state index in [0.29, 0.717) is 23.2 Å². The fraction of sp³-hybridized carbons (Fsp3) is 0.364. The van der Waals surface area contributed by atoms with Crippen molar-refractivity contribution in [1.82, 2.24) is 15.4 Å². The minimum Gasteiger partial charge on any atom is -0.395 e. The number of nitrogen functional groups attached to an aromatic ring is 1. The van der Waals surface area contributed by atoms with Gasteiger partial charge in [0.15, 0.2) is 11.5 Å². The van der Waals surface area contributed by atoms with E-state index in [9.17, 15) is 4.79 Å². The van der Waals surface area contributed by atoms with Crippen molar-refractivity contribution >= 4 is 17.4 Å². The van der Waals surface area contributed by atoms with Crippen LogP contribution in [0, 0.1) is 6.92 Å². The summed E-state index contributed by atoms with van der Waals surface area (Å²) >= 11 is 0. The third kappa shape index (κ3) is 1.83. The van der Waals surface area contributed by atoms with E-state index >= 15 is 0 Å². The number of nitrogens with zero attached hydrogens (tertiary/aromatic N) is 2. The molecule has 2 aromatic heterocycles. The Labute approximate surface area is 103 Å². The molecule has 0 bridgehead atoms. The number of aromatic amines is 1. The van der Waals surface area contributed by atoms with Crippen LogP contribution in [0.2, 0.25) is 0 Å². The summed E-state index contributed by atoms with van der Waals surface area (Å²) in [6.45, 7) is 1.75. The molecule has 18 heavy (non-hydrogen) atoms. The number of aryl methyl sites for hydroxylation is 1. The summed E-state index contributed by atoms with van der Waals surface area (Å²) in [7, 11) is 0. The van der Waals surface area contributed by atoms with Crippen LogP contribution in [0.3, 0.4) is 0 Å². The fourth-order valence-corrected chi connectivity index (χ4v) is 1.82. The zero-order chi connectivity index (χ0) is 12.7. The number of hydrogen-bond donors (Lipinski definition) is 3. The zero-order valence-corrected chi connectivity index (χ0v) is 9.86. The second-order valence-corrected chi connectivity index (χ2v) is 4.45. The number of amides is 1. The van der Waals surface area contributed by atoms with Gasteiger partial charge in [0.1, 0.15) is 5.76 Å². The van der Waals surface area contributed by atoms with Crippen LogP contribution >= 0.6 is 0 Å². The molecule has 0 spiro atoms. The van der Waals surface area contributed by atoms with E-state index in [-0.39, 0.29) is 11.6 Å². The van der Waals surface area contributed by atoms with Gasteiger partial charge in [0.05, 0.1) is 11.4 Å². The van der Waals surface area contributed by atoms with Gasteiger partial charge in [0.25, 0.3) is 5.91 Å². The van der Waals surface area contributed by atoms with Gasteiger partial charge in [-0.25, -0.2) is 0 Å². The first-order valence-corrected chi connectivity index (χ1v) is 5.73. The second-order valence-electron chi connectivity index (χ2n) is 4.45. The first-order chi connectivity index (χ1) is 8.65. The Bertz CT molecular complexity index is 596. The SMILES string of the molecule is Cc1cc(NC(=O)c2n[nH]c(C3CC3)c2N)no1. The molecule has 1 amide bonds. The van der Waals surface area contributed by atoms with Crippen molar-refractivity contribution in [2.45, 2.75) is 25.7 Å². The molecule has 0 saturated heterocycles. The van der Waals surface area contributed by atoms with E-state index in [0.717, 1.165) is 18.5 Å². The molecule has 1 aliphatic carbocycles. The highest BCUT2D eigenvalue weighted by Crippen LogP contribution is 2.42. The lowest BCUT2D eigenvalue weighted by Crippen LogP contribution is -2.14. The molecule has 2 aromatic rings. The summed E-state index contributed by atoms with van der Waals surface area (Å²) in [6.07, 6.45) is 2.19. The number of nitrogens with two attached hydrogens (primary N) is 1. The normalized spacial score (nSPS) is 14.7. The first-order valence-electron chi connectivity index (χ1n) is 5.73. The summed E-state index contributed by atoms with van der Waals surface area (Å²) in [6, 6.07) is 1.63. The van der Waals surface area contributed by atoms with Crippen molar-refractivity contribution in [2.24, 2.45) is 0 Å². The summed E-state index contributed by atoms with van der Waals surface area (Å²) in [5, 5.41) is 13.1. The number of rotatable bonds is 3. The van der Waals surface area contributed by atoms with Gasteiger partial charge in [-0.1, -0.05) is 5.16 Å². The predicted octanol–water partition coefficient (Wildman–Crippen LogP) is 1.42. The Hall–Kier alpha value is -2.31. The molecular weight excluding hydrogens is 234 g/mol. The van der Waals surface area contributed by atoms with Gasteiger partial charge in [-0.05, 0) is 19.8 Å². The van der Waals surface area contributed by atoms with Crippen molar-refractivity contribution in [3.63, 3.8) is 0 Å². The third-order valence-electron chi connectivity index (χ3n) is 2.90. The average Bonchev–Trinajstić information content (AvgIpc) is 2.98. The molecule has 0 atom stereocenters. The van der Waals surface area contributed by atoms with E-state index < -0.39 is 0 Å². The molecule has 1 aliphatic rings. The zero-order valence-electron chi connectivity index (χ0n) is 9.86. The molecule has 2 heterocycles. The fourth-order valence-electron chi connectivity index (χ4n) is 1.82. The number of anilines is 2. The maximum Gasteiger partial charge on any atom is 0.279 e. The van der Waals surface area contributed by atoms with Crippen molar-refractivity contribution < 1.29 is 9.32 Å². The Kier molecular flexibility index (Phi) is 2.32. The van der Waals surface area contributed by atoms with Crippen molar-refractivity contribution in [3.8, 4) is 0 Å². The van der Waals surface area contributed by atoms with Gasteiger partial charge in [0, 0.05) is 12.0 Å². The van der Waals surface area contributed by atoms with E-state index in [1.807, 2.05) is 0 Å². The maximum atomic E-state index is 11.9. The number of carbonyl (C=O) groups excluding carboxylic acids is 1. The van der Waals surface area contributed by atoms with Crippen LogP contribution in [0.15, 0.2) is 10.6 Å². The molecule has 4 N–H and O–H groups in total. The molecule has 0 radical (unpaired) electrons. The minimum atomic E-state index is -0.385. The monoisotopic (exact) mass is 247 g/mol. The Balaban J connectivity index is 1.79. The Morgan fingerprint density at radius 3 is 3.00 bits per heavy atom. The highest BCUT2D eigenvalue weighted by Gasteiger charge is 2.30. The van der Waals surface area contributed by atoms with Gasteiger partial charge in [0.2, 0.25) is 0 Å². The van der Waals surface area contributed by atoms with Gasteiger partial charge in [-0.2, -0.15) is 5.10 Å². The minimum absolute atomic E-state index is 0.206. The highest BCUT2D eigenvalue weighted by molar-refractivity contribution is 6.06. The highest BCUT2D eigenvalue weighted by atomic mass is 16.5. The molecule has 0 aromatic carbocycles. The lowest BCUT2D eigenvalue weighted by molar-refractivity contribution is 0.102. The maximum absolute atomic E-state index is 11.9. The van der Waals surface area contributed by atoms with Gasteiger partial charge < -0.3 is 15.6 Å². The Morgan fingerprint density at radius 2 is 2.39 bits per heavy atom. The molecule has 7 nitrogen and oxygen atoms in total. The number of hydrogen-bond acceptors (Lipinski definition) is 5.